The van der Waals surface area contributed by atoms with Gasteiger partial charge in [0.1, 0.15) is 18.2 Å². The summed E-state index contributed by atoms with van der Waals surface area (Å²) in [5.74, 6) is -2.43. The van der Waals surface area contributed by atoms with Crippen molar-refractivity contribution in [3.8, 4) is 0 Å². The summed E-state index contributed by atoms with van der Waals surface area (Å²) >= 11 is 0. The molecule has 4 atom stereocenters. The minimum Gasteiger partial charge on any atom is -0.394 e. The quantitative estimate of drug-likeness (QED) is 0.268. The van der Waals surface area contributed by atoms with Crippen molar-refractivity contribution in [3.63, 3.8) is 0 Å². The predicted octanol–water partition coefficient (Wildman–Crippen LogP) is -3.73. The summed E-state index contributed by atoms with van der Waals surface area (Å²) in [6.07, 6.45) is -3.08. The molecule has 0 aromatic rings. The van der Waals surface area contributed by atoms with E-state index in [0.29, 0.717) is 0 Å². The van der Waals surface area contributed by atoms with Gasteiger partial charge in [0.15, 0.2) is 5.78 Å². The van der Waals surface area contributed by atoms with E-state index in [1.807, 2.05) is 0 Å². The van der Waals surface area contributed by atoms with E-state index >= 15 is 0 Å². The maximum absolute atomic E-state index is 11.7. The zero-order valence-corrected chi connectivity index (χ0v) is 11.2. The lowest BCUT2D eigenvalue weighted by atomic mass is 10.0. The highest BCUT2D eigenvalue weighted by atomic mass is 16.3. The molecule has 0 aliphatic carbocycles. The van der Waals surface area contributed by atoms with Crippen LogP contribution in [0.5, 0.6) is 0 Å². The smallest absolute Gasteiger partial charge is 0.245 e. The second-order valence-electron chi connectivity index (χ2n) is 4.26. The van der Waals surface area contributed by atoms with Crippen LogP contribution in [-0.2, 0) is 14.4 Å². The molecule has 116 valence electrons. The van der Waals surface area contributed by atoms with Gasteiger partial charge in [-0.15, -0.1) is 0 Å². The maximum Gasteiger partial charge on any atom is 0.245 e. The molecule has 0 saturated heterocycles. The summed E-state index contributed by atoms with van der Waals surface area (Å²) in [4.78, 5) is 34.2. The topological polar surface area (TPSA) is 156 Å². The predicted molar refractivity (Wildman–Crippen MR) is 66.4 cm³/mol. The third-order valence-corrected chi connectivity index (χ3v) is 2.46. The molecule has 0 spiro atoms. The number of carbonyl (C=O) groups excluding carboxylic acids is 3. The average molecular weight is 292 g/mol. The summed E-state index contributed by atoms with van der Waals surface area (Å²) in [6.45, 7) is 0.795. The van der Waals surface area contributed by atoms with Crippen LogP contribution in [0, 0.1) is 0 Å². The van der Waals surface area contributed by atoms with Crippen LogP contribution in [-0.4, -0.2) is 75.5 Å². The van der Waals surface area contributed by atoms with Crippen LogP contribution >= 0.6 is 0 Å². The normalized spacial score (nSPS) is 16.7. The number of Topliss-reactive ketones (excluding diaryl/α,β-unsaturated/α-hetero) is 1. The Hall–Kier alpha value is -1.55. The molecular weight excluding hydrogens is 272 g/mol. The molecule has 0 bridgehead atoms. The van der Waals surface area contributed by atoms with Crippen molar-refractivity contribution in [1.82, 2.24) is 10.6 Å². The van der Waals surface area contributed by atoms with E-state index in [4.69, 9.17) is 10.2 Å². The highest BCUT2D eigenvalue weighted by Crippen LogP contribution is 2.00. The third kappa shape index (κ3) is 5.61. The summed E-state index contributed by atoms with van der Waals surface area (Å²) in [7, 11) is 0. The number of carbonyl (C=O) groups is 3. The Bertz CT molecular complexity index is 359. The first kappa shape index (κ1) is 18.4. The lowest BCUT2D eigenvalue weighted by molar-refractivity contribution is -0.138. The zero-order chi connectivity index (χ0) is 15.9. The van der Waals surface area contributed by atoms with Gasteiger partial charge in [0.25, 0.3) is 0 Å². The Kier molecular flexibility index (Phi) is 7.92. The standard InChI is InChI=1S/C11H20N2O7/c1-5(16)9(10(19)8(18)4-15)13-11(20)7(3-14)12-6(2)17/h5,7-9,14-16,18H,3-4H2,1-2H3,(H,12,17)(H,13,20)/t5-,7+,8+,9-/m1/s1. The van der Waals surface area contributed by atoms with E-state index in [2.05, 4.69) is 10.6 Å². The first-order chi connectivity index (χ1) is 9.24. The van der Waals surface area contributed by atoms with Crippen LogP contribution in [0.15, 0.2) is 0 Å². The number of nitrogens with one attached hydrogen (secondary N) is 2. The molecule has 6 N–H and O–H groups in total. The molecule has 0 aromatic heterocycles. The average Bonchev–Trinajstić information content (AvgIpc) is 2.39. The van der Waals surface area contributed by atoms with E-state index in [9.17, 15) is 24.6 Å². The minimum atomic E-state index is -1.75. The van der Waals surface area contributed by atoms with Crippen LogP contribution in [0.2, 0.25) is 0 Å². The SMILES string of the molecule is CC(=O)N[C@@H](CO)C(=O)N[C@@H](C(=O)[C@@H](O)CO)[C@@H](C)O. The Morgan fingerprint density at radius 3 is 1.95 bits per heavy atom. The van der Waals surface area contributed by atoms with Gasteiger partial charge in [-0.3, -0.25) is 14.4 Å². The van der Waals surface area contributed by atoms with Gasteiger partial charge in [-0.05, 0) is 6.92 Å². The third-order valence-electron chi connectivity index (χ3n) is 2.46. The monoisotopic (exact) mass is 292 g/mol. The lowest BCUT2D eigenvalue weighted by Crippen LogP contribution is -2.57. The maximum atomic E-state index is 11.7. The number of aliphatic hydroxyl groups is 4. The zero-order valence-electron chi connectivity index (χ0n) is 11.2. The summed E-state index contributed by atoms with van der Waals surface area (Å²) < 4.78 is 0. The molecule has 0 aliphatic rings. The van der Waals surface area contributed by atoms with Crippen molar-refractivity contribution in [3.05, 3.63) is 0 Å². The van der Waals surface area contributed by atoms with Crippen molar-refractivity contribution in [2.75, 3.05) is 13.2 Å². The van der Waals surface area contributed by atoms with Gasteiger partial charge in [-0.2, -0.15) is 0 Å². The van der Waals surface area contributed by atoms with Crippen LogP contribution in [0.1, 0.15) is 13.8 Å². The number of ketones is 1. The van der Waals surface area contributed by atoms with E-state index < -0.39 is 55.1 Å². The number of aliphatic hydroxyl groups excluding tert-OH is 4. The van der Waals surface area contributed by atoms with Gasteiger partial charge in [0, 0.05) is 6.92 Å². The van der Waals surface area contributed by atoms with Crippen molar-refractivity contribution in [2.24, 2.45) is 0 Å². The van der Waals surface area contributed by atoms with Crippen LogP contribution in [0.25, 0.3) is 0 Å². The molecule has 0 radical (unpaired) electrons. The molecule has 9 nitrogen and oxygen atoms in total. The highest BCUT2D eigenvalue weighted by molar-refractivity contribution is 5.94. The Morgan fingerprint density at radius 2 is 1.60 bits per heavy atom. The first-order valence-corrected chi connectivity index (χ1v) is 5.93. The molecule has 9 heteroatoms. The summed E-state index contributed by atoms with van der Waals surface area (Å²) in [5.41, 5.74) is 0. The fourth-order valence-corrected chi connectivity index (χ4v) is 1.42. The molecule has 20 heavy (non-hydrogen) atoms. The fourth-order valence-electron chi connectivity index (χ4n) is 1.42. The van der Waals surface area contributed by atoms with Gasteiger partial charge < -0.3 is 31.1 Å². The van der Waals surface area contributed by atoms with Crippen LogP contribution < -0.4 is 10.6 Å². The van der Waals surface area contributed by atoms with E-state index in [1.54, 1.807) is 0 Å². The number of amides is 2. The molecule has 0 fully saturated rings. The first-order valence-electron chi connectivity index (χ1n) is 5.93. The van der Waals surface area contributed by atoms with E-state index in [-0.39, 0.29) is 0 Å². The lowest BCUT2D eigenvalue weighted by Gasteiger charge is -2.24. The van der Waals surface area contributed by atoms with Crippen LogP contribution in [0.4, 0.5) is 0 Å². The van der Waals surface area contributed by atoms with Crippen molar-refractivity contribution in [2.45, 2.75) is 38.1 Å². The molecule has 0 aliphatic heterocycles. The van der Waals surface area contributed by atoms with Gasteiger partial charge in [0.05, 0.1) is 19.3 Å². The molecule has 2 amide bonds. The van der Waals surface area contributed by atoms with E-state index in [0.717, 1.165) is 6.92 Å². The number of hydrogen-bond donors (Lipinski definition) is 6. The largest absolute Gasteiger partial charge is 0.394 e. The molecule has 0 rings (SSSR count). The minimum absolute atomic E-state index is 0.561. The summed E-state index contributed by atoms with van der Waals surface area (Å²) in [5, 5.41) is 40.6. The number of hydrogen-bond acceptors (Lipinski definition) is 7. The van der Waals surface area contributed by atoms with E-state index in [1.165, 1.54) is 6.92 Å². The molecule has 0 heterocycles. The molecular formula is C11H20N2O7. The Balaban J connectivity index is 4.86. The van der Waals surface area contributed by atoms with Crippen molar-refractivity contribution in [1.29, 1.82) is 0 Å². The second kappa shape index (κ2) is 8.59. The number of rotatable bonds is 8. The molecule has 0 unspecified atom stereocenters. The molecule has 0 saturated carbocycles. The van der Waals surface area contributed by atoms with Gasteiger partial charge in [0.2, 0.25) is 11.8 Å². The fraction of sp³-hybridized carbons (Fsp3) is 0.727. The van der Waals surface area contributed by atoms with Crippen molar-refractivity contribution < 1.29 is 34.8 Å². The second-order valence-corrected chi connectivity index (χ2v) is 4.26. The Morgan fingerprint density at radius 1 is 1.05 bits per heavy atom. The van der Waals surface area contributed by atoms with Gasteiger partial charge in [-0.1, -0.05) is 0 Å². The Labute approximate surface area is 115 Å². The molecule has 0 aromatic carbocycles. The summed E-state index contributed by atoms with van der Waals surface area (Å²) in [6, 6.07) is -2.75. The highest BCUT2D eigenvalue weighted by Gasteiger charge is 2.32. The van der Waals surface area contributed by atoms with Gasteiger partial charge >= 0.3 is 0 Å². The van der Waals surface area contributed by atoms with Crippen LogP contribution in [0.3, 0.4) is 0 Å². The van der Waals surface area contributed by atoms with Gasteiger partial charge in [-0.25, -0.2) is 0 Å². The van der Waals surface area contributed by atoms with Crippen molar-refractivity contribution >= 4 is 17.6 Å².